The number of rotatable bonds is 7. The zero-order valence-electron chi connectivity index (χ0n) is 14.6. The van der Waals surface area contributed by atoms with E-state index in [1.165, 1.54) is 6.21 Å². The van der Waals surface area contributed by atoms with Crippen molar-refractivity contribution >= 4 is 46.3 Å². The zero-order valence-corrected chi connectivity index (χ0v) is 16.7. The SMILES string of the molecule is COc1ccccc1/C=N\NC(=O)CCC(=O)Nc1ccc(I)cc1C. The van der Waals surface area contributed by atoms with E-state index in [-0.39, 0.29) is 24.7 Å². The van der Waals surface area contributed by atoms with Gasteiger partial charge in [0.2, 0.25) is 11.8 Å². The van der Waals surface area contributed by atoms with Crippen LogP contribution in [0.5, 0.6) is 5.75 Å². The number of hydrogen-bond donors (Lipinski definition) is 2. The standard InChI is InChI=1S/C19H20IN3O3/c1-13-11-15(20)7-8-16(13)22-18(24)9-10-19(25)23-21-12-14-5-3-4-6-17(14)26-2/h3-8,11-12H,9-10H2,1-2H3,(H,22,24)(H,23,25)/b21-12-. The van der Waals surface area contributed by atoms with Gasteiger partial charge in [0.15, 0.2) is 0 Å². The second-order valence-electron chi connectivity index (χ2n) is 5.54. The average molecular weight is 465 g/mol. The van der Waals surface area contributed by atoms with Crippen molar-refractivity contribution in [1.29, 1.82) is 0 Å². The van der Waals surface area contributed by atoms with E-state index >= 15 is 0 Å². The molecule has 26 heavy (non-hydrogen) atoms. The lowest BCUT2D eigenvalue weighted by molar-refractivity contribution is -0.124. The average Bonchev–Trinajstić information content (AvgIpc) is 2.63. The monoisotopic (exact) mass is 465 g/mol. The van der Waals surface area contributed by atoms with Gasteiger partial charge in [0, 0.05) is 27.7 Å². The van der Waals surface area contributed by atoms with E-state index in [0.29, 0.717) is 5.75 Å². The molecule has 0 saturated carbocycles. The van der Waals surface area contributed by atoms with Gasteiger partial charge < -0.3 is 10.1 Å². The summed E-state index contributed by atoms with van der Waals surface area (Å²) < 4.78 is 6.30. The molecular formula is C19H20IN3O3. The first-order chi connectivity index (χ1) is 12.5. The molecule has 0 radical (unpaired) electrons. The minimum absolute atomic E-state index is 0.0541. The molecule has 0 aliphatic rings. The highest BCUT2D eigenvalue weighted by Crippen LogP contribution is 2.18. The Morgan fingerprint density at radius 2 is 1.88 bits per heavy atom. The molecule has 0 atom stereocenters. The van der Waals surface area contributed by atoms with Crippen LogP contribution >= 0.6 is 22.6 Å². The molecule has 2 N–H and O–H groups in total. The van der Waals surface area contributed by atoms with Crippen molar-refractivity contribution in [2.24, 2.45) is 5.10 Å². The number of nitrogens with one attached hydrogen (secondary N) is 2. The van der Waals surface area contributed by atoms with Crippen LogP contribution in [-0.2, 0) is 9.59 Å². The molecule has 0 saturated heterocycles. The van der Waals surface area contributed by atoms with Crippen molar-refractivity contribution in [1.82, 2.24) is 5.43 Å². The fourth-order valence-corrected chi connectivity index (χ4v) is 2.86. The molecule has 136 valence electrons. The van der Waals surface area contributed by atoms with E-state index in [1.54, 1.807) is 13.2 Å². The number of hydrazone groups is 1. The molecule has 0 aliphatic heterocycles. The summed E-state index contributed by atoms with van der Waals surface area (Å²) in [6, 6.07) is 13.1. The Kier molecular flexibility index (Phi) is 7.58. The number of amides is 2. The molecule has 0 heterocycles. The first kappa shape index (κ1) is 19.9. The van der Waals surface area contributed by atoms with Gasteiger partial charge >= 0.3 is 0 Å². The summed E-state index contributed by atoms with van der Waals surface area (Å²) in [5, 5.41) is 6.71. The molecule has 0 spiro atoms. The van der Waals surface area contributed by atoms with Crippen molar-refractivity contribution < 1.29 is 14.3 Å². The number of aryl methyl sites for hydroxylation is 1. The second-order valence-corrected chi connectivity index (χ2v) is 6.79. The second kappa shape index (κ2) is 9.91. The van der Waals surface area contributed by atoms with Crippen LogP contribution in [0.25, 0.3) is 0 Å². The van der Waals surface area contributed by atoms with Crippen molar-refractivity contribution in [2.45, 2.75) is 19.8 Å². The number of halogens is 1. The van der Waals surface area contributed by atoms with Gasteiger partial charge in [-0.05, 0) is 65.4 Å². The molecule has 0 aromatic heterocycles. The zero-order chi connectivity index (χ0) is 18.9. The van der Waals surface area contributed by atoms with Gasteiger partial charge in [-0.1, -0.05) is 12.1 Å². The highest BCUT2D eigenvalue weighted by Gasteiger charge is 2.08. The maximum atomic E-state index is 12.0. The van der Waals surface area contributed by atoms with E-state index < -0.39 is 0 Å². The number of anilines is 1. The van der Waals surface area contributed by atoms with Crippen molar-refractivity contribution in [3.63, 3.8) is 0 Å². The number of carbonyl (C=O) groups excluding carboxylic acids is 2. The highest BCUT2D eigenvalue weighted by molar-refractivity contribution is 14.1. The van der Waals surface area contributed by atoms with Gasteiger partial charge in [0.25, 0.3) is 0 Å². The fraction of sp³-hybridized carbons (Fsp3) is 0.211. The van der Waals surface area contributed by atoms with Crippen molar-refractivity contribution in [3.05, 3.63) is 57.2 Å². The lowest BCUT2D eigenvalue weighted by Crippen LogP contribution is -2.21. The Balaban J connectivity index is 1.79. The summed E-state index contributed by atoms with van der Waals surface area (Å²) in [5.41, 5.74) is 4.90. The lowest BCUT2D eigenvalue weighted by atomic mass is 10.2. The molecular weight excluding hydrogens is 445 g/mol. The number of benzene rings is 2. The van der Waals surface area contributed by atoms with Gasteiger partial charge in [0.05, 0.1) is 13.3 Å². The summed E-state index contributed by atoms with van der Waals surface area (Å²) in [5.74, 6) is 0.126. The summed E-state index contributed by atoms with van der Waals surface area (Å²) in [4.78, 5) is 23.8. The van der Waals surface area contributed by atoms with Gasteiger partial charge in [-0.3, -0.25) is 9.59 Å². The van der Waals surface area contributed by atoms with Gasteiger partial charge in [-0.15, -0.1) is 0 Å². The Morgan fingerprint density at radius 3 is 2.62 bits per heavy atom. The third-order valence-electron chi connectivity index (χ3n) is 3.57. The van der Waals surface area contributed by atoms with E-state index in [4.69, 9.17) is 4.74 Å². The van der Waals surface area contributed by atoms with Crippen molar-refractivity contribution in [2.75, 3.05) is 12.4 Å². The van der Waals surface area contributed by atoms with Crippen LogP contribution < -0.4 is 15.5 Å². The molecule has 2 rings (SSSR count). The van der Waals surface area contributed by atoms with E-state index in [2.05, 4.69) is 38.4 Å². The number of methoxy groups -OCH3 is 1. The number of ether oxygens (including phenoxy) is 1. The Labute approximate surface area is 166 Å². The molecule has 7 heteroatoms. The van der Waals surface area contributed by atoms with Crippen LogP contribution in [0.3, 0.4) is 0 Å². The topological polar surface area (TPSA) is 79.8 Å². The molecule has 6 nitrogen and oxygen atoms in total. The van der Waals surface area contributed by atoms with Crippen LogP contribution in [0.15, 0.2) is 47.6 Å². The summed E-state index contributed by atoms with van der Waals surface area (Å²) >= 11 is 2.22. The van der Waals surface area contributed by atoms with Crippen LogP contribution in [0, 0.1) is 10.5 Å². The predicted molar refractivity (Wildman–Crippen MR) is 110 cm³/mol. The molecule has 0 fully saturated rings. The molecule has 0 bridgehead atoms. The summed E-state index contributed by atoms with van der Waals surface area (Å²) in [7, 11) is 1.57. The normalized spacial score (nSPS) is 10.6. The van der Waals surface area contributed by atoms with Crippen LogP contribution in [0.1, 0.15) is 24.0 Å². The van der Waals surface area contributed by atoms with E-state index in [0.717, 1.165) is 20.4 Å². The number of carbonyl (C=O) groups is 2. The minimum Gasteiger partial charge on any atom is -0.496 e. The molecule has 2 aromatic rings. The lowest BCUT2D eigenvalue weighted by Gasteiger charge is -2.08. The van der Waals surface area contributed by atoms with Crippen LogP contribution in [0.2, 0.25) is 0 Å². The van der Waals surface area contributed by atoms with Crippen LogP contribution in [0.4, 0.5) is 5.69 Å². The maximum Gasteiger partial charge on any atom is 0.240 e. The Bertz CT molecular complexity index is 821. The molecule has 0 unspecified atom stereocenters. The van der Waals surface area contributed by atoms with Gasteiger partial charge in [0.1, 0.15) is 5.75 Å². The van der Waals surface area contributed by atoms with Crippen LogP contribution in [-0.4, -0.2) is 25.1 Å². The molecule has 0 aliphatic carbocycles. The minimum atomic E-state index is -0.328. The number of nitrogens with zero attached hydrogens (tertiary/aromatic N) is 1. The Morgan fingerprint density at radius 1 is 1.15 bits per heavy atom. The Hall–Kier alpha value is -2.42. The van der Waals surface area contributed by atoms with E-state index in [1.807, 2.05) is 43.3 Å². The highest BCUT2D eigenvalue weighted by atomic mass is 127. The van der Waals surface area contributed by atoms with Crippen molar-refractivity contribution in [3.8, 4) is 5.75 Å². The largest absolute Gasteiger partial charge is 0.496 e. The number of hydrogen-bond acceptors (Lipinski definition) is 4. The quantitative estimate of drug-likeness (QED) is 0.374. The van der Waals surface area contributed by atoms with Gasteiger partial charge in [-0.2, -0.15) is 5.10 Å². The van der Waals surface area contributed by atoms with E-state index in [9.17, 15) is 9.59 Å². The summed E-state index contributed by atoms with van der Waals surface area (Å²) in [6.45, 7) is 1.93. The van der Waals surface area contributed by atoms with Gasteiger partial charge in [-0.25, -0.2) is 5.43 Å². The summed E-state index contributed by atoms with van der Waals surface area (Å²) in [6.07, 6.45) is 1.64. The maximum absolute atomic E-state index is 12.0. The number of para-hydroxylation sites is 1. The first-order valence-corrected chi connectivity index (χ1v) is 9.08. The smallest absolute Gasteiger partial charge is 0.240 e. The molecule has 2 amide bonds. The predicted octanol–water partition coefficient (Wildman–Crippen LogP) is 3.48. The third-order valence-corrected chi connectivity index (χ3v) is 4.24. The first-order valence-electron chi connectivity index (χ1n) is 8.00. The third kappa shape index (κ3) is 6.14. The fourth-order valence-electron chi connectivity index (χ4n) is 2.21. The molecule has 2 aromatic carbocycles.